The molecule has 0 aliphatic rings. The van der Waals surface area contributed by atoms with E-state index in [-0.39, 0.29) is 37.8 Å². The lowest BCUT2D eigenvalue weighted by atomic mass is 10.3. The lowest BCUT2D eigenvalue weighted by Gasteiger charge is -2.12. The molecule has 4 aromatic rings. The molecule has 0 unspecified atom stereocenters. The predicted molar refractivity (Wildman–Crippen MR) is 116 cm³/mol. The number of carbonyl (C=O) groups excluding carboxylic acids is 1. The minimum atomic E-state index is -4.08. The van der Waals surface area contributed by atoms with Crippen molar-refractivity contribution in [3.05, 3.63) is 82.7 Å². The van der Waals surface area contributed by atoms with Crippen molar-refractivity contribution in [2.45, 2.75) is 4.90 Å². The number of benzene rings is 2. The highest BCUT2D eigenvalue weighted by atomic mass is 35.5. The Hall–Kier alpha value is -3.27. The first-order valence-electron chi connectivity index (χ1n) is 8.72. The number of hydrogen-bond donors (Lipinski definition) is 2. The minimum Gasteiger partial charge on any atom is -0.461 e. The van der Waals surface area contributed by atoms with Gasteiger partial charge in [0.2, 0.25) is 5.76 Å². The number of rotatable bonds is 6. The van der Waals surface area contributed by atoms with Crippen molar-refractivity contribution in [2.75, 3.05) is 10.0 Å². The Morgan fingerprint density at radius 1 is 0.935 bits per heavy atom. The van der Waals surface area contributed by atoms with E-state index >= 15 is 0 Å². The van der Waals surface area contributed by atoms with Crippen LogP contribution in [-0.2, 0) is 10.0 Å². The molecule has 8 nitrogen and oxygen atoms in total. The molecule has 1 amide bonds. The molecule has 0 bridgehead atoms. The molecule has 0 aliphatic heterocycles. The van der Waals surface area contributed by atoms with Crippen LogP contribution >= 0.6 is 23.2 Å². The Morgan fingerprint density at radius 2 is 1.74 bits per heavy atom. The van der Waals surface area contributed by atoms with Gasteiger partial charge in [-0.25, -0.2) is 8.42 Å². The van der Waals surface area contributed by atoms with Gasteiger partial charge in [0, 0.05) is 11.8 Å². The van der Waals surface area contributed by atoms with Gasteiger partial charge in [0.05, 0.1) is 22.0 Å². The van der Waals surface area contributed by atoms with Gasteiger partial charge in [-0.2, -0.15) is 0 Å². The van der Waals surface area contributed by atoms with Crippen LogP contribution in [0.4, 0.5) is 11.4 Å². The van der Waals surface area contributed by atoms with Crippen molar-refractivity contribution < 1.29 is 22.2 Å². The minimum absolute atomic E-state index is 0.0139. The average molecular weight is 478 g/mol. The van der Waals surface area contributed by atoms with Gasteiger partial charge < -0.3 is 14.3 Å². The summed E-state index contributed by atoms with van der Waals surface area (Å²) in [5.41, 5.74) is 0.374. The van der Waals surface area contributed by atoms with E-state index in [4.69, 9.17) is 32.1 Å². The van der Waals surface area contributed by atoms with E-state index in [1.807, 2.05) is 0 Å². The van der Waals surface area contributed by atoms with Crippen LogP contribution in [0.25, 0.3) is 11.5 Å². The number of para-hydroxylation sites is 1. The summed E-state index contributed by atoms with van der Waals surface area (Å²) >= 11 is 12.1. The monoisotopic (exact) mass is 477 g/mol. The summed E-state index contributed by atoms with van der Waals surface area (Å²) < 4.78 is 38.3. The predicted octanol–water partition coefficient (Wildman–Crippen LogP) is 5.29. The zero-order chi connectivity index (χ0) is 22.0. The number of aromatic nitrogens is 1. The fourth-order valence-corrected chi connectivity index (χ4v) is 4.49. The summed E-state index contributed by atoms with van der Waals surface area (Å²) in [6, 6.07) is 15.1. The molecule has 2 heterocycles. The first-order valence-corrected chi connectivity index (χ1v) is 11.0. The van der Waals surface area contributed by atoms with Crippen LogP contribution in [0.5, 0.6) is 0 Å². The van der Waals surface area contributed by atoms with Crippen LogP contribution < -0.4 is 10.0 Å². The topological polar surface area (TPSA) is 114 Å². The Labute approximate surface area is 186 Å². The van der Waals surface area contributed by atoms with Crippen molar-refractivity contribution in [1.29, 1.82) is 0 Å². The third-order valence-electron chi connectivity index (χ3n) is 4.10. The first kappa shape index (κ1) is 21.0. The number of amides is 1. The van der Waals surface area contributed by atoms with Crippen molar-refractivity contribution in [3.63, 3.8) is 0 Å². The molecule has 0 radical (unpaired) electrons. The van der Waals surface area contributed by atoms with Crippen LogP contribution in [0, 0.1) is 0 Å². The van der Waals surface area contributed by atoms with Crippen LogP contribution in [0.15, 0.2) is 80.8 Å². The third kappa shape index (κ3) is 4.58. The highest BCUT2D eigenvalue weighted by Crippen LogP contribution is 2.29. The maximum Gasteiger partial charge on any atom is 0.277 e. The molecule has 2 aromatic heterocycles. The van der Waals surface area contributed by atoms with E-state index in [9.17, 15) is 13.2 Å². The van der Waals surface area contributed by atoms with Gasteiger partial charge >= 0.3 is 0 Å². The SMILES string of the molecule is O=C(Nc1ccc(Cl)c(S(=O)(=O)Nc2ccccc2Cl)c1)c1cc(-c2ccco2)on1. The normalized spacial score (nSPS) is 11.3. The highest BCUT2D eigenvalue weighted by molar-refractivity contribution is 7.92. The largest absolute Gasteiger partial charge is 0.461 e. The van der Waals surface area contributed by atoms with E-state index < -0.39 is 15.9 Å². The summed E-state index contributed by atoms with van der Waals surface area (Å²) in [6.45, 7) is 0. The number of nitrogens with one attached hydrogen (secondary N) is 2. The number of anilines is 2. The number of nitrogens with zero attached hydrogens (tertiary/aromatic N) is 1. The summed E-state index contributed by atoms with van der Waals surface area (Å²) in [6.07, 6.45) is 1.46. The number of carbonyl (C=O) groups is 1. The molecule has 0 saturated heterocycles. The van der Waals surface area contributed by atoms with Gasteiger partial charge in [0.1, 0.15) is 4.90 Å². The van der Waals surface area contributed by atoms with Crippen LogP contribution in [-0.4, -0.2) is 19.5 Å². The Bertz CT molecular complexity index is 1350. The van der Waals surface area contributed by atoms with Gasteiger partial charge in [-0.15, -0.1) is 0 Å². The average Bonchev–Trinajstić information content (AvgIpc) is 3.42. The van der Waals surface area contributed by atoms with Crippen molar-refractivity contribution in [2.24, 2.45) is 0 Å². The molecule has 4 rings (SSSR count). The van der Waals surface area contributed by atoms with Gasteiger partial charge in [-0.05, 0) is 42.5 Å². The lowest BCUT2D eigenvalue weighted by molar-refractivity contribution is 0.101. The van der Waals surface area contributed by atoms with E-state index in [2.05, 4.69) is 15.2 Å². The fourth-order valence-electron chi connectivity index (χ4n) is 2.64. The second-order valence-corrected chi connectivity index (χ2v) is 8.70. The summed E-state index contributed by atoms with van der Waals surface area (Å²) in [4.78, 5) is 12.3. The van der Waals surface area contributed by atoms with Crippen LogP contribution in [0.3, 0.4) is 0 Å². The second-order valence-electron chi connectivity index (χ2n) is 6.24. The highest BCUT2D eigenvalue weighted by Gasteiger charge is 2.21. The molecule has 2 N–H and O–H groups in total. The maximum atomic E-state index is 12.8. The van der Waals surface area contributed by atoms with Crippen molar-refractivity contribution >= 4 is 50.5 Å². The number of hydrogen-bond acceptors (Lipinski definition) is 6. The summed E-state index contributed by atoms with van der Waals surface area (Å²) in [5, 5.41) is 6.47. The number of furan rings is 1. The lowest BCUT2D eigenvalue weighted by Crippen LogP contribution is -2.16. The molecule has 11 heteroatoms. The van der Waals surface area contributed by atoms with Crippen LogP contribution in [0.2, 0.25) is 10.0 Å². The Balaban J connectivity index is 1.56. The first-order chi connectivity index (χ1) is 14.8. The fraction of sp³-hybridized carbons (Fsp3) is 0. The van der Waals surface area contributed by atoms with Crippen molar-refractivity contribution in [3.8, 4) is 11.5 Å². The molecule has 0 saturated carbocycles. The molecule has 31 heavy (non-hydrogen) atoms. The molecule has 158 valence electrons. The standard InChI is InChI=1S/C20H13Cl2N3O5S/c21-13-4-1-2-5-15(13)25-31(27,28)19-10-12(7-8-14(19)22)23-20(26)16-11-18(30-24-16)17-6-3-9-29-17/h1-11,25H,(H,23,26). The van der Waals surface area contributed by atoms with E-state index in [1.165, 1.54) is 36.6 Å². The van der Waals surface area contributed by atoms with E-state index in [0.29, 0.717) is 5.76 Å². The van der Waals surface area contributed by atoms with Gasteiger partial charge in [-0.3, -0.25) is 9.52 Å². The molecule has 0 fully saturated rings. The summed E-state index contributed by atoms with van der Waals surface area (Å²) in [5.74, 6) is 0.0850. The molecule has 0 spiro atoms. The quantitative estimate of drug-likeness (QED) is 0.389. The maximum absolute atomic E-state index is 12.8. The summed E-state index contributed by atoms with van der Waals surface area (Å²) in [7, 11) is -4.08. The molecular weight excluding hydrogens is 465 g/mol. The van der Waals surface area contributed by atoms with E-state index in [1.54, 1.807) is 30.3 Å². The molecule has 2 aromatic carbocycles. The van der Waals surface area contributed by atoms with Gasteiger partial charge in [0.25, 0.3) is 15.9 Å². The number of halogens is 2. The Morgan fingerprint density at radius 3 is 2.48 bits per heavy atom. The molecule has 0 aliphatic carbocycles. The van der Waals surface area contributed by atoms with Gasteiger partial charge in [0.15, 0.2) is 11.5 Å². The van der Waals surface area contributed by atoms with Crippen LogP contribution in [0.1, 0.15) is 10.5 Å². The Kier molecular flexibility index (Phi) is 5.73. The molecule has 0 atom stereocenters. The smallest absolute Gasteiger partial charge is 0.277 e. The zero-order valence-corrected chi connectivity index (χ0v) is 17.8. The number of sulfonamides is 1. The van der Waals surface area contributed by atoms with Crippen molar-refractivity contribution in [1.82, 2.24) is 5.16 Å². The third-order valence-corrected chi connectivity index (χ3v) is 6.28. The van der Waals surface area contributed by atoms with E-state index in [0.717, 1.165) is 0 Å². The second kappa shape index (κ2) is 8.46. The zero-order valence-electron chi connectivity index (χ0n) is 15.5. The van der Waals surface area contributed by atoms with Gasteiger partial charge in [-0.1, -0.05) is 40.5 Å². The molecular formula is C20H13Cl2N3O5S.